The van der Waals surface area contributed by atoms with E-state index in [4.69, 9.17) is 14.6 Å². The van der Waals surface area contributed by atoms with Crippen molar-refractivity contribution >= 4 is 17.7 Å². The van der Waals surface area contributed by atoms with Gasteiger partial charge in [-0.05, 0) is 30.9 Å². The molecule has 5 heteroatoms. The Kier molecular flexibility index (Phi) is 3.47. The number of carboxylic acid groups (broad SMARTS) is 1. The SMILES string of the molecule is CSc1cc2c(cc1C(C)C(=O)O)OCCO2. The van der Waals surface area contributed by atoms with Crippen molar-refractivity contribution in [3.63, 3.8) is 0 Å². The molecule has 0 radical (unpaired) electrons. The number of rotatable bonds is 3. The van der Waals surface area contributed by atoms with Crippen LogP contribution in [0.5, 0.6) is 11.5 Å². The molecule has 1 aliphatic heterocycles. The molecule has 0 saturated carbocycles. The molecule has 1 aromatic rings. The van der Waals surface area contributed by atoms with Crippen molar-refractivity contribution in [2.75, 3.05) is 19.5 Å². The summed E-state index contributed by atoms with van der Waals surface area (Å²) in [6.45, 7) is 2.72. The van der Waals surface area contributed by atoms with Gasteiger partial charge < -0.3 is 14.6 Å². The van der Waals surface area contributed by atoms with Crippen LogP contribution in [0.1, 0.15) is 18.4 Å². The lowest BCUT2D eigenvalue weighted by atomic mass is 10.0. The molecule has 0 spiro atoms. The van der Waals surface area contributed by atoms with Crippen molar-refractivity contribution in [2.45, 2.75) is 17.7 Å². The van der Waals surface area contributed by atoms with E-state index < -0.39 is 11.9 Å². The molecule has 1 atom stereocenters. The van der Waals surface area contributed by atoms with E-state index in [9.17, 15) is 4.79 Å². The smallest absolute Gasteiger partial charge is 0.310 e. The fourth-order valence-electron chi connectivity index (χ4n) is 1.73. The quantitative estimate of drug-likeness (QED) is 0.839. The van der Waals surface area contributed by atoms with Gasteiger partial charge >= 0.3 is 5.97 Å². The normalized spacial score (nSPS) is 15.4. The number of benzene rings is 1. The average molecular weight is 254 g/mol. The van der Waals surface area contributed by atoms with Gasteiger partial charge in [-0.2, -0.15) is 0 Å². The predicted octanol–water partition coefficient (Wildman–Crippen LogP) is 2.37. The van der Waals surface area contributed by atoms with Gasteiger partial charge in [-0.15, -0.1) is 11.8 Å². The summed E-state index contributed by atoms with van der Waals surface area (Å²) in [5, 5.41) is 9.08. The van der Waals surface area contributed by atoms with Gasteiger partial charge in [-0.3, -0.25) is 4.79 Å². The molecule has 4 nitrogen and oxygen atoms in total. The van der Waals surface area contributed by atoms with Crippen LogP contribution in [0, 0.1) is 0 Å². The second kappa shape index (κ2) is 4.87. The summed E-state index contributed by atoms with van der Waals surface area (Å²) in [4.78, 5) is 12.0. The van der Waals surface area contributed by atoms with Crippen molar-refractivity contribution in [3.8, 4) is 11.5 Å². The highest BCUT2D eigenvalue weighted by Gasteiger charge is 2.22. The minimum absolute atomic E-state index is 0.506. The number of thioether (sulfide) groups is 1. The van der Waals surface area contributed by atoms with Gasteiger partial charge in [0.1, 0.15) is 13.2 Å². The maximum atomic E-state index is 11.1. The van der Waals surface area contributed by atoms with Gasteiger partial charge in [-0.25, -0.2) is 0 Å². The van der Waals surface area contributed by atoms with E-state index in [0.29, 0.717) is 24.7 Å². The van der Waals surface area contributed by atoms with Crippen LogP contribution in [0.25, 0.3) is 0 Å². The van der Waals surface area contributed by atoms with Crippen molar-refractivity contribution in [1.29, 1.82) is 0 Å². The standard InChI is InChI=1S/C12H14O4S/c1-7(12(13)14)8-5-9-10(6-11(8)17-2)16-4-3-15-9/h5-7H,3-4H2,1-2H3,(H,13,14). The second-order valence-electron chi connectivity index (χ2n) is 3.80. The van der Waals surface area contributed by atoms with Gasteiger partial charge in [0.25, 0.3) is 0 Å². The number of aliphatic carboxylic acids is 1. The van der Waals surface area contributed by atoms with Gasteiger partial charge in [0.15, 0.2) is 11.5 Å². The highest BCUT2D eigenvalue weighted by molar-refractivity contribution is 7.98. The Morgan fingerprint density at radius 3 is 2.47 bits per heavy atom. The Balaban J connectivity index is 2.46. The van der Waals surface area contributed by atoms with Crippen LogP contribution in [0.3, 0.4) is 0 Å². The summed E-state index contributed by atoms with van der Waals surface area (Å²) >= 11 is 1.52. The zero-order valence-electron chi connectivity index (χ0n) is 9.73. The minimum atomic E-state index is -0.836. The van der Waals surface area contributed by atoms with Crippen LogP contribution >= 0.6 is 11.8 Å². The molecular formula is C12H14O4S. The number of ether oxygens (including phenoxy) is 2. The molecule has 0 amide bonds. The van der Waals surface area contributed by atoms with E-state index >= 15 is 0 Å². The Morgan fingerprint density at radius 1 is 1.35 bits per heavy atom. The zero-order chi connectivity index (χ0) is 12.4. The molecule has 0 aromatic heterocycles. The third-order valence-corrected chi connectivity index (χ3v) is 3.52. The number of hydrogen-bond acceptors (Lipinski definition) is 4. The van der Waals surface area contributed by atoms with Crippen LogP contribution < -0.4 is 9.47 Å². The van der Waals surface area contributed by atoms with E-state index in [1.54, 1.807) is 13.0 Å². The van der Waals surface area contributed by atoms with E-state index in [1.807, 2.05) is 12.3 Å². The van der Waals surface area contributed by atoms with Gasteiger partial charge in [0, 0.05) is 4.90 Å². The summed E-state index contributed by atoms with van der Waals surface area (Å²) in [6.07, 6.45) is 1.92. The second-order valence-corrected chi connectivity index (χ2v) is 4.65. The number of hydrogen-bond donors (Lipinski definition) is 1. The average Bonchev–Trinajstić information content (AvgIpc) is 2.36. The summed E-state index contributed by atoms with van der Waals surface area (Å²) < 4.78 is 10.9. The molecule has 2 rings (SSSR count). The molecule has 1 heterocycles. The third kappa shape index (κ3) is 2.34. The fourth-order valence-corrected chi connectivity index (χ4v) is 2.43. The molecule has 1 aliphatic rings. The van der Waals surface area contributed by atoms with E-state index in [2.05, 4.69) is 0 Å². The Labute approximate surface area is 104 Å². The lowest BCUT2D eigenvalue weighted by Gasteiger charge is -2.21. The van der Waals surface area contributed by atoms with E-state index in [0.717, 1.165) is 10.5 Å². The first-order valence-corrected chi connectivity index (χ1v) is 6.56. The van der Waals surface area contributed by atoms with E-state index in [-0.39, 0.29) is 0 Å². The summed E-state index contributed by atoms with van der Waals surface area (Å²) in [5.74, 6) is -0.0515. The highest BCUT2D eigenvalue weighted by atomic mass is 32.2. The number of carbonyl (C=O) groups is 1. The van der Waals surface area contributed by atoms with Crippen LogP contribution in [0.15, 0.2) is 17.0 Å². The Morgan fingerprint density at radius 2 is 1.94 bits per heavy atom. The predicted molar refractivity (Wildman–Crippen MR) is 65.3 cm³/mol. The van der Waals surface area contributed by atoms with Crippen LogP contribution in [0.2, 0.25) is 0 Å². The van der Waals surface area contributed by atoms with Gasteiger partial charge in [0.2, 0.25) is 0 Å². The molecule has 0 fully saturated rings. The number of carboxylic acids is 1. The number of fused-ring (bicyclic) bond motifs is 1. The topological polar surface area (TPSA) is 55.8 Å². The highest BCUT2D eigenvalue weighted by Crippen LogP contribution is 2.39. The molecule has 0 bridgehead atoms. The summed E-state index contributed by atoms with van der Waals surface area (Å²) in [7, 11) is 0. The molecule has 1 unspecified atom stereocenters. The largest absolute Gasteiger partial charge is 0.486 e. The van der Waals surface area contributed by atoms with Crippen molar-refractivity contribution in [3.05, 3.63) is 17.7 Å². The first-order valence-electron chi connectivity index (χ1n) is 5.34. The minimum Gasteiger partial charge on any atom is -0.486 e. The molecule has 1 N–H and O–H groups in total. The van der Waals surface area contributed by atoms with E-state index in [1.165, 1.54) is 11.8 Å². The third-order valence-electron chi connectivity index (χ3n) is 2.73. The summed E-state index contributed by atoms with van der Waals surface area (Å²) in [5.41, 5.74) is 0.772. The van der Waals surface area contributed by atoms with Gasteiger partial charge in [0.05, 0.1) is 5.92 Å². The zero-order valence-corrected chi connectivity index (χ0v) is 10.5. The Bertz CT molecular complexity index is 444. The Hall–Kier alpha value is -1.36. The lowest BCUT2D eigenvalue weighted by molar-refractivity contribution is -0.138. The van der Waals surface area contributed by atoms with Crippen molar-refractivity contribution < 1.29 is 19.4 Å². The lowest BCUT2D eigenvalue weighted by Crippen LogP contribution is -2.16. The van der Waals surface area contributed by atoms with Crippen molar-refractivity contribution in [2.24, 2.45) is 0 Å². The van der Waals surface area contributed by atoms with Crippen LogP contribution in [-0.2, 0) is 4.79 Å². The van der Waals surface area contributed by atoms with Crippen molar-refractivity contribution in [1.82, 2.24) is 0 Å². The van der Waals surface area contributed by atoms with Crippen LogP contribution in [-0.4, -0.2) is 30.5 Å². The van der Waals surface area contributed by atoms with Gasteiger partial charge in [-0.1, -0.05) is 0 Å². The maximum absolute atomic E-state index is 11.1. The first kappa shape index (κ1) is 12.1. The fraction of sp³-hybridized carbons (Fsp3) is 0.417. The maximum Gasteiger partial charge on any atom is 0.310 e. The van der Waals surface area contributed by atoms with Crippen LogP contribution in [0.4, 0.5) is 0 Å². The monoisotopic (exact) mass is 254 g/mol. The molecule has 0 saturated heterocycles. The summed E-state index contributed by atoms with van der Waals surface area (Å²) in [6, 6.07) is 3.63. The molecule has 0 aliphatic carbocycles. The molecule has 1 aromatic carbocycles. The molecular weight excluding hydrogens is 240 g/mol. The molecule has 92 valence electrons. The molecule has 17 heavy (non-hydrogen) atoms. The first-order chi connectivity index (χ1) is 8.13.